The second kappa shape index (κ2) is 11.8. The van der Waals surface area contributed by atoms with Crippen LogP contribution >= 0.6 is 15.9 Å². The van der Waals surface area contributed by atoms with Crippen molar-refractivity contribution in [3.8, 4) is 5.75 Å². The molecule has 170 valence electrons. The maximum absolute atomic E-state index is 12.6. The summed E-state index contributed by atoms with van der Waals surface area (Å²) in [6.07, 6.45) is 0. The number of hydrogen-bond acceptors (Lipinski definition) is 4. The maximum Gasteiger partial charge on any atom is 0.262 e. The predicted molar refractivity (Wildman–Crippen MR) is 130 cm³/mol. The van der Waals surface area contributed by atoms with Crippen LogP contribution in [0, 0.1) is 6.92 Å². The van der Waals surface area contributed by atoms with Gasteiger partial charge in [-0.15, -0.1) is 0 Å². The van der Waals surface area contributed by atoms with E-state index >= 15 is 0 Å². The zero-order valence-corrected chi connectivity index (χ0v) is 19.6. The molecular weight excluding hydrogens is 486 g/mol. The van der Waals surface area contributed by atoms with Crippen LogP contribution in [0.2, 0.25) is 0 Å². The summed E-state index contributed by atoms with van der Waals surface area (Å²) < 4.78 is 6.52. The smallest absolute Gasteiger partial charge is 0.262 e. The lowest BCUT2D eigenvalue weighted by atomic mass is 10.2. The molecule has 0 aliphatic heterocycles. The monoisotopic (exact) mass is 509 g/mol. The Labute approximate surface area is 200 Å². The number of carbonyl (C=O) groups excluding carboxylic acids is 3. The zero-order valence-electron chi connectivity index (χ0n) is 18.1. The number of anilines is 1. The van der Waals surface area contributed by atoms with Crippen LogP contribution in [-0.2, 0) is 16.1 Å². The summed E-state index contributed by atoms with van der Waals surface area (Å²) in [6.45, 7) is 1.88. The van der Waals surface area contributed by atoms with Gasteiger partial charge in [-0.2, -0.15) is 0 Å². The molecule has 0 unspecified atom stereocenters. The molecule has 0 aliphatic rings. The minimum atomic E-state index is -0.469. The number of halogens is 1. The normalized spacial score (nSPS) is 10.2. The maximum atomic E-state index is 12.6. The van der Waals surface area contributed by atoms with Crippen LogP contribution in [-0.4, -0.2) is 30.9 Å². The van der Waals surface area contributed by atoms with Gasteiger partial charge in [0.1, 0.15) is 5.75 Å². The van der Waals surface area contributed by atoms with E-state index in [-0.39, 0.29) is 36.3 Å². The summed E-state index contributed by atoms with van der Waals surface area (Å²) in [6, 6.07) is 21.5. The Morgan fingerprint density at radius 1 is 0.848 bits per heavy atom. The molecular formula is C25H24BrN3O4. The van der Waals surface area contributed by atoms with E-state index in [1.54, 1.807) is 36.4 Å². The van der Waals surface area contributed by atoms with Gasteiger partial charge in [0.05, 0.1) is 12.1 Å². The second-order valence-corrected chi connectivity index (χ2v) is 8.20. The molecule has 0 atom stereocenters. The molecule has 0 saturated carbocycles. The summed E-state index contributed by atoms with van der Waals surface area (Å²) >= 11 is 3.36. The summed E-state index contributed by atoms with van der Waals surface area (Å²) in [5, 5.41) is 8.07. The van der Waals surface area contributed by atoms with Gasteiger partial charge < -0.3 is 20.7 Å². The third-order valence-electron chi connectivity index (χ3n) is 4.64. The minimum absolute atomic E-state index is 0.183. The Bertz CT molecular complexity index is 1120. The van der Waals surface area contributed by atoms with E-state index in [1.807, 2.05) is 43.3 Å². The molecule has 3 rings (SSSR count). The number of rotatable bonds is 9. The first-order valence-electron chi connectivity index (χ1n) is 10.3. The average molecular weight is 510 g/mol. The van der Waals surface area contributed by atoms with Gasteiger partial charge in [-0.1, -0.05) is 57.9 Å². The number of amides is 3. The summed E-state index contributed by atoms with van der Waals surface area (Å²) in [7, 11) is 0. The Hall–Kier alpha value is -3.65. The fourth-order valence-corrected chi connectivity index (χ4v) is 3.14. The molecule has 3 aromatic carbocycles. The van der Waals surface area contributed by atoms with Crippen molar-refractivity contribution >= 4 is 39.3 Å². The van der Waals surface area contributed by atoms with Crippen molar-refractivity contribution in [1.82, 2.24) is 10.6 Å². The van der Waals surface area contributed by atoms with Gasteiger partial charge in [-0.05, 0) is 48.9 Å². The zero-order chi connectivity index (χ0) is 23.6. The molecule has 3 aromatic rings. The van der Waals surface area contributed by atoms with E-state index < -0.39 is 5.91 Å². The van der Waals surface area contributed by atoms with Crippen LogP contribution in [0.15, 0.2) is 77.3 Å². The summed E-state index contributed by atoms with van der Waals surface area (Å²) in [5.74, 6) is -0.879. The van der Waals surface area contributed by atoms with E-state index in [2.05, 4.69) is 31.9 Å². The highest BCUT2D eigenvalue weighted by molar-refractivity contribution is 9.10. The van der Waals surface area contributed by atoms with Crippen LogP contribution in [0.5, 0.6) is 5.75 Å². The Kier molecular flexibility index (Phi) is 8.60. The quantitative estimate of drug-likeness (QED) is 0.408. The van der Waals surface area contributed by atoms with E-state index in [0.29, 0.717) is 12.2 Å². The number of hydrogen-bond donors (Lipinski definition) is 3. The third-order valence-corrected chi connectivity index (χ3v) is 5.17. The van der Waals surface area contributed by atoms with Gasteiger partial charge in [0.25, 0.3) is 11.8 Å². The number of para-hydroxylation sites is 1. The molecule has 7 nitrogen and oxygen atoms in total. The van der Waals surface area contributed by atoms with Crippen molar-refractivity contribution in [2.45, 2.75) is 13.5 Å². The van der Waals surface area contributed by atoms with E-state index in [0.717, 1.165) is 15.6 Å². The van der Waals surface area contributed by atoms with Crippen molar-refractivity contribution in [2.75, 3.05) is 18.5 Å². The number of ether oxygens (including phenoxy) is 1. The van der Waals surface area contributed by atoms with Crippen molar-refractivity contribution in [1.29, 1.82) is 0 Å². The van der Waals surface area contributed by atoms with E-state index in [1.165, 1.54) is 0 Å². The first kappa shape index (κ1) is 24.0. The highest BCUT2D eigenvalue weighted by Crippen LogP contribution is 2.18. The molecule has 0 bridgehead atoms. The van der Waals surface area contributed by atoms with Crippen LogP contribution in [0.4, 0.5) is 5.69 Å². The van der Waals surface area contributed by atoms with Gasteiger partial charge in [0.15, 0.2) is 6.61 Å². The molecule has 3 N–H and O–H groups in total. The highest BCUT2D eigenvalue weighted by Gasteiger charge is 2.14. The van der Waals surface area contributed by atoms with Crippen LogP contribution in [0.1, 0.15) is 21.5 Å². The van der Waals surface area contributed by atoms with Crippen molar-refractivity contribution in [3.63, 3.8) is 0 Å². The summed E-state index contributed by atoms with van der Waals surface area (Å²) in [4.78, 5) is 36.8. The molecule has 33 heavy (non-hydrogen) atoms. The van der Waals surface area contributed by atoms with Crippen LogP contribution in [0.3, 0.4) is 0 Å². The molecule has 0 saturated heterocycles. The fourth-order valence-electron chi connectivity index (χ4n) is 2.88. The van der Waals surface area contributed by atoms with Crippen molar-refractivity contribution in [2.24, 2.45) is 0 Å². The molecule has 8 heteroatoms. The van der Waals surface area contributed by atoms with Crippen LogP contribution < -0.4 is 20.7 Å². The lowest BCUT2D eigenvalue weighted by Gasteiger charge is -2.12. The molecule has 3 amide bonds. The number of benzene rings is 3. The Morgan fingerprint density at radius 3 is 2.27 bits per heavy atom. The number of carbonyl (C=O) groups is 3. The number of nitrogens with one attached hydrogen (secondary N) is 3. The minimum Gasteiger partial charge on any atom is -0.483 e. The van der Waals surface area contributed by atoms with Crippen LogP contribution in [0.25, 0.3) is 0 Å². The molecule has 0 heterocycles. The SMILES string of the molecule is Cc1ccc(NC(=O)COc2ccccc2C(=O)NCC(=O)NCc2ccc(Br)cc2)cc1. The number of aryl methyl sites for hydroxylation is 1. The Morgan fingerprint density at radius 2 is 1.55 bits per heavy atom. The summed E-state index contributed by atoms with van der Waals surface area (Å²) in [5.41, 5.74) is 2.93. The van der Waals surface area contributed by atoms with Gasteiger partial charge in [-0.25, -0.2) is 0 Å². The molecule has 0 aromatic heterocycles. The van der Waals surface area contributed by atoms with E-state index in [9.17, 15) is 14.4 Å². The fraction of sp³-hybridized carbons (Fsp3) is 0.160. The van der Waals surface area contributed by atoms with Gasteiger partial charge in [0, 0.05) is 16.7 Å². The predicted octanol–water partition coefficient (Wildman–Crippen LogP) is 3.82. The van der Waals surface area contributed by atoms with Gasteiger partial charge in [0.2, 0.25) is 5.91 Å². The lowest BCUT2D eigenvalue weighted by molar-refractivity contribution is -0.120. The van der Waals surface area contributed by atoms with E-state index in [4.69, 9.17) is 4.74 Å². The molecule has 0 radical (unpaired) electrons. The largest absolute Gasteiger partial charge is 0.483 e. The van der Waals surface area contributed by atoms with Gasteiger partial charge >= 0.3 is 0 Å². The molecule has 0 aliphatic carbocycles. The first-order valence-corrected chi connectivity index (χ1v) is 11.1. The molecule has 0 spiro atoms. The third kappa shape index (κ3) is 7.76. The standard InChI is InChI=1S/C25H24BrN3O4/c1-17-6-12-20(13-7-17)29-24(31)16-33-22-5-3-2-4-21(22)25(32)28-15-23(30)27-14-18-8-10-19(26)11-9-18/h2-13H,14-16H2,1H3,(H,27,30)(H,28,32)(H,29,31). The van der Waals surface area contributed by atoms with Crippen molar-refractivity contribution < 1.29 is 19.1 Å². The first-order chi connectivity index (χ1) is 15.9. The Balaban J connectivity index is 1.48. The van der Waals surface area contributed by atoms with Crippen molar-refractivity contribution in [3.05, 3.63) is 94.0 Å². The lowest BCUT2D eigenvalue weighted by Crippen LogP contribution is -2.36. The average Bonchev–Trinajstić information content (AvgIpc) is 2.82. The highest BCUT2D eigenvalue weighted by atomic mass is 79.9. The van der Waals surface area contributed by atoms with Gasteiger partial charge in [-0.3, -0.25) is 14.4 Å². The topological polar surface area (TPSA) is 96.5 Å². The second-order valence-electron chi connectivity index (χ2n) is 7.28. The molecule has 0 fully saturated rings.